The monoisotopic (exact) mass is 275 g/mol. The van der Waals surface area contributed by atoms with Crippen molar-refractivity contribution in [2.75, 3.05) is 33.7 Å². The smallest absolute Gasteiger partial charge is 0.306 e. The molecule has 0 aliphatic carbocycles. The highest BCUT2D eigenvalue weighted by atomic mass is 16.4. The van der Waals surface area contributed by atoms with Crippen LogP contribution in [0.4, 0.5) is 0 Å². The van der Waals surface area contributed by atoms with Crippen LogP contribution >= 0.6 is 0 Å². The van der Waals surface area contributed by atoms with E-state index in [9.17, 15) is 14.7 Å². The van der Waals surface area contributed by atoms with Crippen molar-refractivity contribution >= 4 is 11.9 Å². The van der Waals surface area contributed by atoms with Crippen molar-refractivity contribution in [1.82, 2.24) is 5.32 Å². The molecule has 19 heavy (non-hydrogen) atoms. The molecule has 6 nitrogen and oxygen atoms in total. The topological polar surface area (TPSA) is 86.6 Å². The number of aliphatic carboxylic acids is 1. The molecule has 6 heteroatoms. The summed E-state index contributed by atoms with van der Waals surface area (Å²) < 4.78 is 0.694. The number of carboxylic acid groups (broad SMARTS) is 1. The van der Waals surface area contributed by atoms with Gasteiger partial charge in [-0.05, 0) is 6.92 Å². The minimum absolute atomic E-state index is 0.0151. The highest BCUT2D eigenvalue weighted by Crippen LogP contribution is 2.03. The molecular formula is C13H27N2O4+. The van der Waals surface area contributed by atoms with Crippen LogP contribution in [0.1, 0.15) is 26.7 Å². The van der Waals surface area contributed by atoms with Crippen molar-refractivity contribution in [2.24, 2.45) is 5.92 Å². The van der Waals surface area contributed by atoms with Crippen LogP contribution in [0, 0.1) is 5.92 Å². The van der Waals surface area contributed by atoms with Gasteiger partial charge in [0.2, 0.25) is 5.91 Å². The average molecular weight is 275 g/mol. The molecule has 0 heterocycles. The number of likely N-dealkylation sites (N-methyl/N-ethyl adjacent to an activating group) is 1. The summed E-state index contributed by atoms with van der Waals surface area (Å²) >= 11 is 0. The Morgan fingerprint density at radius 2 is 1.84 bits per heavy atom. The Labute approximate surface area is 115 Å². The Morgan fingerprint density at radius 3 is 2.32 bits per heavy atom. The first-order valence-electron chi connectivity index (χ1n) is 6.63. The van der Waals surface area contributed by atoms with E-state index in [-0.39, 0.29) is 18.4 Å². The van der Waals surface area contributed by atoms with Crippen LogP contribution < -0.4 is 5.32 Å². The van der Waals surface area contributed by atoms with Crippen LogP contribution in [0.3, 0.4) is 0 Å². The quantitative estimate of drug-likeness (QED) is 0.410. The van der Waals surface area contributed by atoms with E-state index in [1.165, 1.54) is 6.92 Å². The molecule has 0 aliphatic rings. The Bertz CT molecular complexity index is 303. The Hall–Kier alpha value is -1.14. The molecule has 3 N–H and O–H groups in total. The van der Waals surface area contributed by atoms with Gasteiger partial charge in [-0.25, -0.2) is 0 Å². The molecule has 112 valence electrons. The SMILES string of the molecule is CC(O)C[N+](C)(C)CCCNC(=O)CC(C)C(=O)O. The van der Waals surface area contributed by atoms with Gasteiger partial charge < -0.3 is 20.0 Å². The van der Waals surface area contributed by atoms with Crippen molar-refractivity contribution < 1.29 is 24.3 Å². The molecule has 0 radical (unpaired) electrons. The van der Waals surface area contributed by atoms with Gasteiger partial charge in [-0.15, -0.1) is 0 Å². The number of aliphatic hydroxyl groups excluding tert-OH is 1. The minimum Gasteiger partial charge on any atom is -0.481 e. The van der Waals surface area contributed by atoms with E-state index in [4.69, 9.17) is 5.11 Å². The van der Waals surface area contributed by atoms with Gasteiger partial charge in [0, 0.05) is 19.4 Å². The van der Waals surface area contributed by atoms with Gasteiger partial charge in [-0.1, -0.05) is 6.92 Å². The lowest BCUT2D eigenvalue weighted by Gasteiger charge is -2.31. The summed E-state index contributed by atoms with van der Waals surface area (Å²) in [5, 5.41) is 20.7. The zero-order valence-electron chi connectivity index (χ0n) is 12.3. The van der Waals surface area contributed by atoms with Crippen molar-refractivity contribution in [3.05, 3.63) is 0 Å². The molecule has 0 saturated heterocycles. The van der Waals surface area contributed by atoms with Crippen LogP contribution in [-0.4, -0.2) is 66.4 Å². The fraction of sp³-hybridized carbons (Fsp3) is 0.846. The summed E-state index contributed by atoms with van der Waals surface area (Å²) in [5.74, 6) is -1.83. The third-order valence-electron chi connectivity index (χ3n) is 2.93. The number of hydrogen-bond acceptors (Lipinski definition) is 3. The molecule has 0 aromatic heterocycles. The molecule has 0 rings (SSSR count). The maximum atomic E-state index is 11.4. The van der Waals surface area contributed by atoms with Crippen molar-refractivity contribution in [3.63, 3.8) is 0 Å². The van der Waals surface area contributed by atoms with E-state index in [2.05, 4.69) is 5.32 Å². The molecule has 0 aromatic carbocycles. The van der Waals surface area contributed by atoms with Crippen molar-refractivity contribution in [2.45, 2.75) is 32.8 Å². The molecule has 1 amide bonds. The summed E-state index contributed by atoms with van der Waals surface area (Å²) in [4.78, 5) is 22.0. The third kappa shape index (κ3) is 9.44. The van der Waals surface area contributed by atoms with Gasteiger partial charge in [-0.3, -0.25) is 9.59 Å². The van der Waals surface area contributed by atoms with Gasteiger partial charge in [0.1, 0.15) is 12.6 Å². The number of hydrogen-bond donors (Lipinski definition) is 3. The minimum atomic E-state index is -0.954. The van der Waals surface area contributed by atoms with E-state index >= 15 is 0 Å². The first kappa shape index (κ1) is 17.9. The van der Waals surface area contributed by atoms with Crippen molar-refractivity contribution in [3.8, 4) is 0 Å². The van der Waals surface area contributed by atoms with Gasteiger partial charge in [0.25, 0.3) is 0 Å². The van der Waals surface area contributed by atoms with Crippen molar-refractivity contribution in [1.29, 1.82) is 0 Å². The van der Waals surface area contributed by atoms with Gasteiger partial charge in [-0.2, -0.15) is 0 Å². The number of carbonyl (C=O) groups is 2. The summed E-state index contributed by atoms with van der Waals surface area (Å²) in [6.07, 6.45) is 0.467. The zero-order chi connectivity index (χ0) is 15.1. The molecule has 0 spiro atoms. The number of carboxylic acids is 1. The van der Waals surface area contributed by atoms with E-state index in [0.29, 0.717) is 17.6 Å². The number of nitrogens with zero attached hydrogens (tertiary/aromatic N) is 1. The van der Waals surface area contributed by atoms with E-state index in [1.807, 2.05) is 14.1 Å². The van der Waals surface area contributed by atoms with E-state index in [0.717, 1.165) is 13.0 Å². The normalized spacial score (nSPS) is 14.8. The summed E-state index contributed by atoms with van der Waals surface area (Å²) in [5.41, 5.74) is 0. The zero-order valence-corrected chi connectivity index (χ0v) is 12.3. The fourth-order valence-electron chi connectivity index (χ4n) is 1.98. The number of carbonyl (C=O) groups excluding carboxylic acids is 1. The molecule has 0 bridgehead atoms. The second-order valence-electron chi connectivity index (χ2n) is 5.84. The van der Waals surface area contributed by atoms with Crippen LogP contribution in [0.2, 0.25) is 0 Å². The summed E-state index contributed by atoms with van der Waals surface area (Å²) in [7, 11) is 4.06. The Kier molecular flexibility index (Phi) is 7.63. The van der Waals surface area contributed by atoms with Crippen LogP contribution in [0.25, 0.3) is 0 Å². The Morgan fingerprint density at radius 1 is 1.26 bits per heavy atom. The van der Waals surface area contributed by atoms with Crippen LogP contribution in [0.15, 0.2) is 0 Å². The number of amides is 1. The molecular weight excluding hydrogens is 248 g/mol. The summed E-state index contributed by atoms with van der Waals surface area (Å²) in [6, 6.07) is 0. The molecule has 0 fully saturated rings. The molecule has 2 atom stereocenters. The predicted octanol–water partition coefficient (Wildman–Crippen LogP) is 0.0607. The largest absolute Gasteiger partial charge is 0.481 e. The lowest BCUT2D eigenvalue weighted by molar-refractivity contribution is -0.893. The second-order valence-corrected chi connectivity index (χ2v) is 5.84. The highest BCUT2D eigenvalue weighted by Gasteiger charge is 2.18. The first-order valence-corrected chi connectivity index (χ1v) is 6.63. The number of aliphatic hydroxyl groups is 1. The molecule has 0 aliphatic heterocycles. The lowest BCUT2D eigenvalue weighted by Crippen LogP contribution is -2.46. The Balaban J connectivity index is 3.80. The van der Waals surface area contributed by atoms with Crippen LogP contribution in [0.5, 0.6) is 0 Å². The molecule has 0 aromatic rings. The number of quaternary nitrogens is 1. The van der Waals surface area contributed by atoms with E-state index < -0.39 is 11.9 Å². The maximum absolute atomic E-state index is 11.4. The maximum Gasteiger partial charge on any atom is 0.306 e. The van der Waals surface area contributed by atoms with Gasteiger partial charge in [0.15, 0.2) is 0 Å². The van der Waals surface area contributed by atoms with Gasteiger partial charge in [0.05, 0.1) is 26.6 Å². The third-order valence-corrected chi connectivity index (χ3v) is 2.93. The van der Waals surface area contributed by atoms with E-state index in [1.54, 1.807) is 6.92 Å². The standard InChI is InChI=1S/C13H26N2O4/c1-10(13(18)19)8-12(17)14-6-5-7-15(3,4)9-11(2)16/h10-11,16H,5-9H2,1-4H3,(H-,14,17,18,19)/p+1. The number of rotatable bonds is 9. The highest BCUT2D eigenvalue weighted by molar-refractivity contribution is 5.81. The number of nitrogens with one attached hydrogen (secondary N) is 1. The predicted molar refractivity (Wildman–Crippen MR) is 72.6 cm³/mol. The summed E-state index contributed by atoms with van der Waals surface area (Å²) in [6.45, 7) is 5.33. The second kappa shape index (κ2) is 8.12. The molecule has 0 saturated carbocycles. The van der Waals surface area contributed by atoms with Crippen LogP contribution in [-0.2, 0) is 9.59 Å². The molecule has 2 unspecified atom stereocenters. The lowest BCUT2D eigenvalue weighted by atomic mass is 10.1. The average Bonchev–Trinajstić information content (AvgIpc) is 2.22. The first-order chi connectivity index (χ1) is 8.64. The van der Waals surface area contributed by atoms with Gasteiger partial charge >= 0.3 is 5.97 Å². The fourth-order valence-corrected chi connectivity index (χ4v) is 1.98.